The Bertz CT molecular complexity index is 643. The Morgan fingerprint density at radius 2 is 1.52 bits per heavy atom. The predicted molar refractivity (Wildman–Crippen MR) is 65.8 cm³/mol. The van der Waals surface area contributed by atoms with Crippen molar-refractivity contribution in [3.63, 3.8) is 0 Å². The molecule has 0 spiro atoms. The van der Waals surface area contributed by atoms with Gasteiger partial charge in [0.1, 0.15) is 0 Å². The van der Waals surface area contributed by atoms with Crippen molar-refractivity contribution in [1.82, 2.24) is 25.5 Å². The Labute approximate surface area is 126 Å². The molecule has 0 aliphatic carbocycles. The van der Waals surface area contributed by atoms with Gasteiger partial charge in [0.15, 0.2) is 5.82 Å². The molecular formula is C12H11F6N5. The van der Waals surface area contributed by atoms with Gasteiger partial charge in [0.05, 0.1) is 24.7 Å². The summed E-state index contributed by atoms with van der Waals surface area (Å²) < 4.78 is 76.2. The number of aromatic nitrogens is 4. The van der Waals surface area contributed by atoms with Gasteiger partial charge in [-0.2, -0.15) is 31.1 Å². The number of benzene rings is 1. The Balaban J connectivity index is 2.16. The van der Waals surface area contributed by atoms with Gasteiger partial charge in [-0.1, -0.05) is 0 Å². The fourth-order valence-electron chi connectivity index (χ4n) is 1.83. The zero-order valence-electron chi connectivity index (χ0n) is 11.7. The SMILES string of the molecule is Cn1nnc(CNCc2cc(C(F)(F)F)cc(C(F)(F)F)c2)n1. The quantitative estimate of drug-likeness (QED) is 0.870. The fraction of sp³-hybridized carbons (Fsp3) is 0.417. The molecule has 0 radical (unpaired) electrons. The number of nitrogens with zero attached hydrogens (tertiary/aromatic N) is 4. The highest BCUT2D eigenvalue weighted by atomic mass is 19.4. The number of rotatable bonds is 4. The van der Waals surface area contributed by atoms with E-state index in [1.807, 2.05) is 0 Å². The highest BCUT2D eigenvalue weighted by Gasteiger charge is 2.36. The molecule has 1 N–H and O–H groups in total. The third-order valence-electron chi connectivity index (χ3n) is 2.81. The van der Waals surface area contributed by atoms with E-state index in [1.54, 1.807) is 0 Å². The Morgan fingerprint density at radius 1 is 0.957 bits per heavy atom. The van der Waals surface area contributed by atoms with Gasteiger partial charge in [0.2, 0.25) is 0 Å². The number of halogens is 6. The Morgan fingerprint density at radius 3 is 1.96 bits per heavy atom. The zero-order valence-corrected chi connectivity index (χ0v) is 11.7. The molecule has 0 bridgehead atoms. The largest absolute Gasteiger partial charge is 0.416 e. The molecule has 23 heavy (non-hydrogen) atoms. The van der Waals surface area contributed by atoms with Crippen LogP contribution in [-0.4, -0.2) is 20.2 Å². The van der Waals surface area contributed by atoms with E-state index >= 15 is 0 Å². The second-order valence-corrected chi connectivity index (χ2v) is 4.71. The summed E-state index contributed by atoms with van der Waals surface area (Å²) in [6.07, 6.45) is -9.72. The van der Waals surface area contributed by atoms with Crippen molar-refractivity contribution in [3.05, 3.63) is 40.7 Å². The lowest BCUT2D eigenvalue weighted by Crippen LogP contribution is -2.17. The maximum Gasteiger partial charge on any atom is 0.416 e. The number of alkyl halides is 6. The summed E-state index contributed by atoms with van der Waals surface area (Å²) in [7, 11) is 1.53. The van der Waals surface area contributed by atoms with Crippen molar-refractivity contribution in [2.45, 2.75) is 25.4 Å². The van der Waals surface area contributed by atoms with Crippen LogP contribution in [0.15, 0.2) is 18.2 Å². The number of tetrazole rings is 1. The van der Waals surface area contributed by atoms with Crippen LogP contribution < -0.4 is 5.32 Å². The smallest absolute Gasteiger partial charge is 0.306 e. The van der Waals surface area contributed by atoms with Crippen molar-refractivity contribution in [2.75, 3.05) is 0 Å². The van der Waals surface area contributed by atoms with Crippen LogP contribution in [0.4, 0.5) is 26.3 Å². The first-order chi connectivity index (χ1) is 10.6. The van der Waals surface area contributed by atoms with Crippen LogP contribution in [0.3, 0.4) is 0 Å². The minimum atomic E-state index is -4.86. The van der Waals surface area contributed by atoms with Crippen molar-refractivity contribution in [1.29, 1.82) is 0 Å². The van der Waals surface area contributed by atoms with E-state index in [2.05, 4.69) is 20.7 Å². The molecule has 0 saturated heterocycles. The topological polar surface area (TPSA) is 55.6 Å². The Hall–Kier alpha value is -2.17. The molecule has 0 amide bonds. The normalized spacial score (nSPS) is 12.7. The van der Waals surface area contributed by atoms with Crippen molar-refractivity contribution < 1.29 is 26.3 Å². The maximum absolute atomic E-state index is 12.7. The van der Waals surface area contributed by atoms with E-state index in [1.165, 1.54) is 11.8 Å². The second kappa shape index (κ2) is 6.14. The fourth-order valence-corrected chi connectivity index (χ4v) is 1.83. The van der Waals surface area contributed by atoms with Gasteiger partial charge in [-0.3, -0.25) is 0 Å². The first-order valence-corrected chi connectivity index (χ1v) is 6.27. The summed E-state index contributed by atoms with van der Waals surface area (Å²) >= 11 is 0. The van der Waals surface area contributed by atoms with Crippen LogP contribution >= 0.6 is 0 Å². The average Bonchev–Trinajstić information content (AvgIpc) is 2.82. The van der Waals surface area contributed by atoms with Gasteiger partial charge in [0, 0.05) is 6.54 Å². The summed E-state index contributed by atoms with van der Waals surface area (Å²) in [6, 6.07) is 1.44. The molecule has 0 aliphatic rings. The lowest BCUT2D eigenvalue weighted by molar-refractivity contribution is -0.143. The van der Waals surface area contributed by atoms with Gasteiger partial charge >= 0.3 is 12.4 Å². The number of hydrogen-bond donors (Lipinski definition) is 1. The first kappa shape index (κ1) is 17.2. The van der Waals surface area contributed by atoms with Crippen LogP contribution in [0.5, 0.6) is 0 Å². The zero-order chi connectivity index (χ0) is 17.3. The van der Waals surface area contributed by atoms with Crippen molar-refractivity contribution in [2.24, 2.45) is 7.05 Å². The average molecular weight is 339 g/mol. The molecule has 11 heteroatoms. The molecule has 0 unspecified atom stereocenters. The highest BCUT2D eigenvalue weighted by molar-refractivity contribution is 5.33. The minimum absolute atomic E-state index is 0.0609. The molecule has 1 heterocycles. The maximum atomic E-state index is 12.7. The van der Waals surface area contributed by atoms with Crippen LogP contribution in [-0.2, 0) is 32.5 Å². The molecule has 0 atom stereocenters. The molecule has 2 rings (SSSR count). The Kier molecular flexibility index (Phi) is 4.59. The molecule has 2 aromatic rings. The van der Waals surface area contributed by atoms with Gasteiger partial charge in [-0.05, 0) is 29.0 Å². The van der Waals surface area contributed by atoms with Gasteiger partial charge in [-0.25, -0.2) is 0 Å². The molecule has 1 aromatic carbocycles. The summed E-state index contributed by atoms with van der Waals surface area (Å²) in [5.41, 5.74) is -2.83. The van der Waals surface area contributed by atoms with Crippen LogP contribution in [0, 0.1) is 0 Å². The first-order valence-electron chi connectivity index (χ1n) is 6.27. The predicted octanol–water partition coefficient (Wildman–Crippen LogP) is 2.54. The summed E-state index contributed by atoms with van der Waals surface area (Å²) in [5.74, 6) is 0.274. The van der Waals surface area contributed by atoms with E-state index in [0.29, 0.717) is 12.1 Å². The van der Waals surface area contributed by atoms with Crippen molar-refractivity contribution in [3.8, 4) is 0 Å². The van der Waals surface area contributed by atoms with Crippen LogP contribution in [0.1, 0.15) is 22.5 Å². The molecule has 0 saturated carbocycles. The number of aryl methyl sites for hydroxylation is 1. The van der Waals surface area contributed by atoms with Crippen LogP contribution in [0.25, 0.3) is 0 Å². The standard InChI is InChI=1S/C12H11F6N5/c1-23-21-10(20-22-23)6-19-5-7-2-8(11(13,14)15)4-9(3-7)12(16,17)18/h2-4,19H,5-6H2,1H3. The van der Waals surface area contributed by atoms with Gasteiger partial charge < -0.3 is 5.32 Å². The molecule has 5 nitrogen and oxygen atoms in total. The van der Waals surface area contributed by atoms with E-state index < -0.39 is 23.5 Å². The number of hydrogen-bond acceptors (Lipinski definition) is 4. The van der Waals surface area contributed by atoms with E-state index in [0.717, 1.165) is 0 Å². The number of nitrogens with one attached hydrogen (secondary N) is 1. The van der Waals surface area contributed by atoms with Gasteiger partial charge in [-0.15, -0.1) is 10.2 Å². The van der Waals surface area contributed by atoms with Crippen LogP contribution in [0.2, 0.25) is 0 Å². The molecule has 1 aromatic heterocycles. The second-order valence-electron chi connectivity index (χ2n) is 4.71. The third-order valence-corrected chi connectivity index (χ3v) is 2.81. The summed E-state index contributed by atoms with van der Waals surface area (Å²) in [6.45, 7) is -0.142. The lowest BCUT2D eigenvalue weighted by Gasteiger charge is -2.14. The van der Waals surface area contributed by atoms with E-state index in [9.17, 15) is 26.3 Å². The monoisotopic (exact) mass is 339 g/mol. The molecular weight excluding hydrogens is 328 g/mol. The minimum Gasteiger partial charge on any atom is -0.306 e. The van der Waals surface area contributed by atoms with E-state index in [-0.39, 0.29) is 30.5 Å². The molecule has 0 fully saturated rings. The third kappa shape index (κ3) is 4.65. The lowest BCUT2D eigenvalue weighted by atomic mass is 10.0. The molecule has 0 aliphatic heterocycles. The summed E-state index contributed by atoms with van der Waals surface area (Å²) in [5, 5.41) is 13.7. The van der Waals surface area contributed by atoms with E-state index in [4.69, 9.17) is 0 Å². The highest BCUT2D eigenvalue weighted by Crippen LogP contribution is 2.36. The summed E-state index contributed by atoms with van der Waals surface area (Å²) in [4.78, 5) is 1.18. The van der Waals surface area contributed by atoms with Crippen molar-refractivity contribution >= 4 is 0 Å². The molecule has 126 valence electrons. The van der Waals surface area contributed by atoms with Gasteiger partial charge in [0.25, 0.3) is 0 Å².